The van der Waals surface area contributed by atoms with E-state index >= 15 is 0 Å². The highest BCUT2D eigenvalue weighted by molar-refractivity contribution is 5.64. The summed E-state index contributed by atoms with van der Waals surface area (Å²) in [6.45, 7) is 7.07. The standard InChI is InChI=1S/C28H28F2N6O/c1-16(15-37)14-36-12-9-21(35-36)26-31-11-8-23(32-26)28-10-7-18(27(28,2)3)17-13-22(33-34-25(17)28)24-19(29)5-4-6-20(24)30/h4-6,8-9,11-13,16,18,37H,7,10,14-15H2,1-3H3/t16-,18+,28+/m1/s1. The average molecular weight is 503 g/mol. The first-order valence-electron chi connectivity index (χ1n) is 12.6. The van der Waals surface area contributed by atoms with Crippen LogP contribution in [0.25, 0.3) is 22.8 Å². The van der Waals surface area contributed by atoms with Crippen LogP contribution in [0.2, 0.25) is 0 Å². The molecule has 1 aromatic carbocycles. The van der Waals surface area contributed by atoms with Gasteiger partial charge in [0.25, 0.3) is 0 Å². The van der Waals surface area contributed by atoms with E-state index in [-0.39, 0.29) is 35.1 Å². The van der Waals surface area contributed by atoms with Gasteiger partial charge in [-0.05, 0) is 66.0 Å². The summed E-state index contributed by atoms with van der Waals surface area (Å²) < 4.78 is 30.8. The van der Waals surface area contributed by atoms with Gasteiger partial charge in [-0.15, -0.1) is 5.10 Å². The fourth-order valence-corrected chi connectivity index (χ4v) is 6.44. The average Bonchev–Trinajstić information content (AvgIpc) is 3.51. The molecule has 2 aliphatic carbocycles. The third kappa shape index (κ3) is 3.43. The lowest BCUT2D eigenvalue weighted by atomic mass is 9.66. The number of rotatable bonds is 6. The summed E-state index contributed by atoms with van der Waals surface area (Å²) in [4.78, 5) is 9.48. The highest BCUT2D eigenvalue weighted by Crippen LogP contribution is 2.69. The van der Waals surface area contributed by atoms with E-state index in [1.165, 1.54) is 18.2 Å². The van der Waals surface area contributed by atoms with Gasteiger partial charge in [-0.2, -0.15) is 10.2 Å². The molecule has 6 rings (SSSR count). The Morgan fingerprint density at radius 1 is 1.11 bits per heavy atom. The van der Waals surface area contributed by atoms with Crippen LogP contribution in [0.1, 0.15) is 56.5 Å². The van der Waals surface area contributed by atoms with Gasteiger partial charge in [-0.25, -0.2) is 18.7 Å². The van der Waals surface area contributed by atoms with Crippen molar-refractivity contribution in [3.8, 4) is 22.8 Å². The third-order valence-electron chi connectivity index (χ3n) is 8.37. The first kappa shape index (κ1) is 23.8. The lowest BCUT2D eigenvalue weighted by Gasteiger charge is -2.37. The fourth-order valence-electron chi connectivity index (χ4n) is 6.44. The van der Waals surface area contributed by atoms with Gasteiger partial charge in [-0.3, -0.25) is 4.68 Å². The van der Waals surface area contributed by atoms with Gasteiger partial charge in [0, 0.05) is 25.5 Å². The molecule has 0 spiro atoms. The van der Waals surface area contributed by atoms with Crippen molar-refractivity contribution in [2.45, 2.75) is 51.5 Å². The predicted molar refractivity (Wildman–Crippen MR) is 133 cm³/mol. The van der Waals surface area contributed by atoms with Crippen LogP contribution in [0.5, 0.6) is 0 Å². The normalized spacial score (nSPS) is 22.3. The molecule has 3 heterocycles. The van der Waals surface area contributed by atoms with Crippen molar-refractivity contribution in [3.05, 3.63) is 77.4 Å². The van der Waals surface area contributed by atoms with E-state index in [9.17, 15) is 13.9 Å². The molecule has 0 aliphatic heterocycles. The van der Waals surface area contributed by atoms with E-state index < -0.39 is 17.0 Å². The van der Waals surface area contributed by atoms with Crippen molar-refractivity contribution in [2.24, 2.45) is 11.3 Å². The summed E-state index contributed by atoms with van der Waals surface area (Å²) >= 11 is 0. The van der Waals surface area contributed by atoms with Gasteiger partial charge >= 0.3 is 0 Å². The highest BCUT2D eigenvalue weighted by atomic mass is 19.1. The molecule has 0 radical (unpaired) electrons. The van der Waals surface area contributed by atoms with Crippen LogP contribution in [0, 0.1) is 23.0 Å². The molecule has 1 fully saturated rings. The summed E-state index contributed by atoms with van der Waals surface area (Å²) in [5, 5.41) is 22.9. The Morgan fingerprint density at radius 3 is 2.65 bits per heavy atom. The summed E-state index contributed by atoms with van der Waals surface area (Å²) in [6.07, 6.45) is 5.38. The van der Waals surface area contributed by atoms with Crippen molar-refractivity contribution in [1.29, 1.82) is 0 Å². The molecule has 9 heteroatoms. The zero-order chi connectivity index (χ0) is 25.9. The van der Waals surface area contributed by atoms with Crippen LogP contribution in [-0.2, 0) is 12.0 Å². The first-order chi connectivity index (χ1) is 17.8. The summed E-state index contributed by atoms with van der Waals surface area (Å²) in [5.41, 5.74) is 2.62. The lowest BCUT2D eigenvalue weighted by Crippen LogP contribution is -2.38. The number of aromatic nitrogens is 6. The minimum absolute atomic E-state index is 0.0889. The summed E-state index contributed by atoms with van der Waals surface area (Å²) in [6, 6.07) is 9.43. The van der Waals surface area contributed by atoms with E-state index in [1.807, 2.05) is 31.3 Å². The molecule has 3 aromatic heterocycles. The molecule has 4 aromatic rings. The number of halogens is 2. The molecule has 1 N–H and O–H groups in total. The minimum Gasteiger partial charge on any atom is -0.396 e. The molecule has 2 aliphatic rings. The van der Waals surface area contributed by atoms with E-state index in [0.717, 1.165) is 29.8 Å². The van der Waals surface area contributed by atoms with Gasteiger partial charge in [-0.1, -0.05) is 26.8 Å². The molecule has 2 bridgehead atoms. The maximum Gasteiger partial charge on any atom is 0.180 e. The molecular weight excluding hydrogens is 474 g/mol. The SMILES string of the molecule is C[C@@H](CO)Cn1ccc(-c2nccc([C@@]34CC[C@@H](c5cc(-c6c(F)cccc6F)nnc53)C4(C)C)n2)n1. The minimum atomic E-state index is -0.653. The Labute approximate surface area is 213 Å². The zero-order valence-electron chi connectivity index (χ0n) is 21.0. The number of hydrogen-bond acceptors (Lipinski definition) is 6. The maximum atomic E-state index is 14.5. The smallest absolute Gasteiger partial charge is 0.180 e. The highest BCUT2D eigenvalue weighted by Gasteiger charge is 2.65. The van der Waals surface area contributed by atoms with E-state index in [0.29, 0.717) is 18.1 Å². The molecule has 3 atom stereocenters. The van der Waals surface area contributed by atoms with Crippen molar-refractivity contribution in [3.63, 3.8) is 0 Å². The molecule has 1 saturated carbocycles. The molecule has 0 saturated heterocycles. The van der Waals surface area contributed by atoms with E-state index in [1.54, 1.807) is 10.9 Å². The number of aliphatic hydroxyl groups is 1. The van der Waals surface area contributed by atoms with Crippen LogP contribution in [0.3, 0.4) is 0 Å². The van der Waals surface area contributed by atoms with Crippen LogP contribution < -0.4 is 0 Å². The van der Waals surface area contributed by atoms with Gasteiger partial charge in [0.2, 0.25) is 0 Å². The van der Waals surface area contributed by atoms with Crippen molar-refractivity contribution < 1.29 is 13.9 Å². The van der Waals surface area contributed by atoms with E-state index in [2.05, 4.69) is 34.1 Å². The second-order valence-electron chi connectivity index (χ2n) is 10.8. The van der Waals surface area contributed by atoms with Crippen LogP contribution >= 0.6 is 0 Å². The topological polar surface area (TPSA) is 89.6 Å². The van der Waals surface area contributed by atoms with Gasteiger partial charge < -0.3 is 5.11 Å². The molecule has 0 unspecified atom stereocenters. The Kier molecular flexibility index (Phi) is 5.45. The molecule has 0 amide bonds. The van der Waals surface area contributed by atoms with Crippen molar-refractivity contribution in [2.75, 3.05) is 6.61 Å². The van der Waals surface area contributed by atoms with Crippen LogP contribution in [0.15, 0.2) is 48.8 Å². The number of nitrogens with zero attached hydrogens (tertiary/aromatic N) is 6. The number of benzene rings is 1. The Bertz CT molecular complexity index is 1480. The monoisotopic (exact) mass is 502 g/mol. The largest absolute Gasteiger partial charge is 0.396 e. The molecular formula is C28H28F2N6O. The van der Waals surface area contributed by atoms with Gasteiger partial charge in [0.15, 0.2) is 5.82 Å². The summed E-state index contributed by atoms with van der Waals surface area (Å²) in [7, 11) is 0. The molecule has 190 valence electrons. The lowest BCUT2D eigenvalue weighted by molar-refractivity contribution is 0.219. The van der Waals surface area contributed by atoms with Crippen LogP contribution in [0.4, 0.5) is 8.78 Å². The first-order valence-corrected chi connectivity index (χ1v) is 12.6. The zero-order valence-corrected chi connectivity index (χ0v) is 21.0. The maximum absolute atomic E-state index is 14.5. The second kappa shape index (κ2) is 8.48. The number of hydrogen-bond donors (Lipinski definition) is 1. The van der Waals surface area contributed by atoms with Gasteiger partial charge in [0.05, 0.1) is 28.1 Å². The fraction of sp³-hybridized carbons (Fsp3) is 0.393. The van der Waals surface area contributed by atoms with Gasteiger partial charge in [0.1, 0.15) is 17.3 Å². The molecule has 37 heavy (non-hydrogen) atoms. The third-order valence-corrected chi connectivity index (χ3v) is 8.37. The van der Waals surface area contributed by atoms with E-state index in [4.69, 9.17) is 4.98 Å². The van der Waals surface area contributed by atoms with Crippen molar-refractivity contribution >= 4 is 0 Å². The molecule has 7 nitrogen and oxygen atoms in total. The van der Waals surface area contributed by atoms with Crippen LogP contribution in [-0.4, -0.2) is 41.7 Å². The Hall–Kier alpha value is -3.59. The Balaban J connectivity index is 1.43. The number of aliphatic hydroxyl groups excluding tert-OH is 1. The number of fused-ring (bicyclic) bond motifs is 5. The quantitative estimate of drug-likeness (QED) is 0.403. The predicted octanol–water partition coefficient (Wildman–Crippen LogP) is 4.91. The summed E-state index contributed by atoms with van der Waals surface area (Å²) in [5.74, 6) is -0.539. The second-order valence-corrected chi connectivity index (χ2v) is 10.8. The van der Waals surface area contributed by atoms with Crippen molar-refractivity contribution in [1.82, 2.24) is 29.9 Å². The Morgan fingerprint density at radius 2 is 1.89 bits per heavy atom.